The fraction of sp³-hybridized carbons (Fsp3) is 0.769. The average Bonchev–Trinajstić information content (AvgIpc) is 2.65. The van der Waals surface area contributed by atoms with Crippen LogP contribution in [-0.2, 0) is 18.2 Å². The summed E-state index contributed by atoms with van der Waals surface area (Å²) in [4.78, 5) is 0. The zero-order chi connectivity index (χ0) is 12.8. The van der Waals surface area contributed by atoms with E-state index in [1.54, 1.807) is 0 Å². The monoisotopic (exact) mass is 239 g/mol. The largest absolute Gasteiger partial charge is 0.377 e. The van der Waals surface area contributed by atoms with Crippen molar-refractivity contribution in [3.63, 3.8) is 0 Å². The summed E-state index contributed by atoms with van der Waals surface area (Å²) in [6.45, 7) is 9.97. The lowest BCUT2D eigenvalue weighted by molar-refractivity contribution is 0.0599. The molecular weight excluding hydrogens is 214 g/mol. The van der Waals surface area contributed by atoms with E-state index < -0.39 is 0 Å². The smallest absolute Gasteiger partial charge is 0.0729 e. The third-order valence-electron chi connectivity index (χ3n) is 2.73. The number of nitrogens with zero attached hydrogens (tertiary/aromatic N) is 2. The van der Waals surface area contributed by atoms with Gasteiger partial charge in [0.15, 0.2) is 0 Å². The Morgan fingerprint density at radius 1 is 1.41 bits per heavy atom. The maximum absolute atomic E-state index is 5.71. The molecular formula is C13H25N3O. The molecule has 1 aromatic rings. The van der Waals surface area contributed by atoms with Gasteiger partial charge in [-0.1, -0.05) is 13.8 Å². The van der Waals surface area contributed by atoms with Gasteiger partial charge in [0.2, 0.25) is 0 Å². The van der Waals surface area contributed by atoms with Crippen molar-refractivity contribution in [3.05, 3.63) is 17.5 Å². The van der Waals surface area contributed by atoms with Crippen molar-refractivity contribution in [1.29, 1.82) is 0 Å². The van der Waals surface area contributed by atoms with E-state index in [2.05, 4.69) is 44.2 Å². The summed E-state index contributed by atoms with van der Waals surface area (Å²) < 4.78 is 7.66. The molecule has 0 spiro atoms. The Bertz CT molecular complexity index is 333. The molecule has 0 fully saturated rings. The number of aromatic nitrogens is 2. The highest BCUT2D eigenvalue weighted by molar-refractivity contribution is 5.14. The second kappa shape index (κ2) is 6.77. The number of rotatable bonds is 7. The molecule has 1 atom stereocenters. The number of hydrogen-bond donors (Lipinski definition) is 1. The van der Waals surface area contributed by atoms with Gasteiger partial charge >= 0.3 is 0 Å². The van der Waals surface area contributed by atoms with Gasteiger partial charge in [0.1, 0.15) is 0 Å². The van der Waals surface area contributed by atoms with Crippen LogP contribution in [0, 0.1) is 0 Å². The van der Waals surface area contributed by atoms with Crippen molar-refractivity contribution >= 4 is 0 Å². The summed E-state index contributed by atoms with van der Waals surface area (Å²) in [5.41, 5.74) is 2.33. The summed E-state index contributed by atoms with van der Waals surface area (Å²) in [6.07, 6.45) is 1.23. The topological polar surface area (TPSA) is 39.1 Å². The van der Waals surface area contributed by atoms with Crippen molar-refractivity contribution in [2.45, 2.75) is 46.3 Å². The summed E-state index contributed by atoms with van der Waals surface area (Å²) in [7, 11) is 1.99. The van der Waals surface area contributed by atoms with Crippen LogP contribution in [0.3, 0.4) is 0 Å². The Balaban J connectivity index is 2.76. The standard InChI is InChI=1S/C13H25N3O/c1-6-11-8-13(16(5)15-11)12(14-7-2)9-17-10(3)4/h8,10,12,14H,6-7,9H2,1-5H3. The van der Waals surface area contributed by atoms with Gasteiger partial charge in [0.25, 0.3) is 0 Å². The van der Waals surface area contributed by atoms with Gasteiger partial charge < -0.3 is 10.1 Å². The van der Waals surface area contributed by atoms with Gasteiger partial charge in [-0.2, -0.15) is 5.10 Å². The minimum Gasteiger partial charge on any atom is -0.377 e. The van der Waals surface area contributed by atoms with Gasteiger partial charge in [-0.15, -0.1) is 0 Å². The zero-order valence-electron chi connectivity index (χ0n) is 11.7. The highest BCUT2D eigenvalue weighted by atomic mass is 16.5. The van der Waals surface area contributed by atoms with Crippen LogP contribution in [0.15, 0.2) is 6.07 Å². The molecule has 0 saturated carbocycles. The molecule has 1 aromatic heterocycles. The molecule has 17 heavy (non-hydrogen) atoms. The SMILES string of the molecule is CCNC(COC(C)C)c1cc(CC)nn1C. The summed E-state index contributed by atoms with van der Waals surface area (Å²) in [6, 6.07) is 2.39. The third-order valence-corrected chi connectivity index (χ3v) is 2.73. The summed E-state index contributed by atoms with van der Waals surface area (Å²) >= 11 is 0. The molecule has 0 radical (unpaired) electrons. The molecule has 98 valence electrons. The fourth-order valence-electron chi connectivity index (χ4n) is 1.83. The Morgan fingerprint density at radius 3 is 2.59 bits per heavy atom. The van der Waals surface area contributed by atoms with Crippen molar-refractivity contribution in [1.82, 2.24) is 15.1 Å². The van der Waals surface area contributed by atoms with E-state index >= 15 is 0 Å². The number of nitrogens with one attached hydrogen (secondary N) is 1. The molecule has 0 aliphatic rings. The maximum atomic E-state index is 5.71. The first-order valence-electron chi connectivity index (χ1n) is 6.46. The lowest BCUT2D eigenvalue weighted by atomic mass is 10.2. The maximum Gasteiger partial charge on any atom is 0.0729 e. The molecule has 4 heteroatoms. The average molecular weight is 239 g/mol. The first-order valence-corrected chi connectivity index (χ1v) is 6.46. The van der Waals surface area contributed by atoms with E-state index in [0.717, 1.165) is 18.7 Å². The molecule has 1 N–H and O–H groups in total. The Kier molecular flexibility index (Phi) is 5.65. The Morgan fingerprint density at radius 2 is 2.12 bits per heavy atom. The van der Waals surface area contributed by atoms with Crippen molar-refractivity contribution in [3.8, 4) is 0 Å². The third kappa shape index (κ3) is 4.13. The van der Waals surface area contributed by atoms with Crippen molar-refractivity contribution in [2.75, 3.05) is 13.2 Å². The number of likely N-dealkylation sites (N-methyl/N-ethyl adjacent to an activating group) is 1. The number of hydrogen-bond acceptors (Lipinski definition) is 3. The Hall–Kier alpha value is -0.870. The van der Waals surface area contributed by atoms with E-state index in [0.29, 0.717) is 6.61 Å². The van der Waals surface area contributed by atoms with Crippen LogP contribution in [0.2, 0.25) is 0 Å². The molecule has 0 saturated heterocycles. The lowest BCUT2D eigenvalue weighted by Gasteiger charge is -2.19. The zero-order valence-corrected chi connectivity index (χ0v) is 11.7. The molecule has 0 aliphatic heterocycles. The summed E-state index contributed by atoms with van der Waals surface area (Å²) in [5.74, 6) is 0. The number of ether oxygens (including phenoxy) is 1. The van der Waals surface area contributed by atoms with E-state index in [-0.39, 0.29) is 12.1 Å². The highest BCUT2D eigenvalue weighted by Gasteiger charge is 2.16. The molecule has 1 heterocycles. The second-order valence-corrected chi connectivity index (χ2v) is 4.53. The first-order chi connectivity index (χ1) is 8.08. The highest BCUT2D eigenvalue weighted by Crippen LogP contribution is 2.15. The van der Waals surface area contributed by atoms with Crippen LogP contribution in [-0.4, -0.2) is 29.0 Å². The van der Waals surface area contributed by atoms with Gasteiger partial charge in [0, 0.05) is 7.05 Å². The Labute approximate surface area is 104 Å². The molecule has 0 aromatic carbocycles. The molecule has 0 aliphatic carbocycles. The quantitative estimate of drug-likeness (QED) is 0.791. The molecule has 1 rings (SSSR count). The van der Waals surface area contributed by atoms with Gasteiger partial charge in [0.05, 0.1) is 30.1 Å². The lowest BCUT2D eigenvalue weighted by Crippen LogP contribution is -2.28. The predicted molar refractivity (Wildman–Crippen MR) is 70.1 cm³/mol. The molecule has 1 unspecified atom stereocenters. The second-order valence-electron chi connectivity index (χ2n) is 4.53. The van der Waals surface area contributed by atoms with Crippen molar-refractivity contribution in [2.24, 2.45) is 7.05 Å². The van der Waals surface area contributed by atoms with Crippen LogP contribution < -0.4 is 5.32 Å². The summed E-state index contributed by atoms with van der Waals surface area (Å²) in [5, 5.41) is 7.93. The van der Waals surface area contributed by atoms with E-state index in [4.69, 9.17) is 4.74 Å². The fourth-order valence-corrected chi connectivity index (χ4v) is 1.83. The van der Waals surface area contributed by atoms with Crippen LogP contribution in [0.4, 0.5) is 0 Å². The van der Waals surface area contributed by atoms with Gasteiger partial charge in [-0.25, -0.2) is 0 Å². The van der Waals surface area contributed by atoms with Crippen molar-refractivity contribution < 1.29 is 4.74 Å². The van der Waals surface area contributed by atoms with E-state index in [1.165, 1.54) is 5.69 Å². The molecule has 0 bridgehead atoms. The minimum atomic E-state index is 0.222. The van der Waals surface area contributed by atoms with Gasteiger partial charge in [-0.05, 0) is 32.9 Å². The van der Waals surface area contributed by atoms with E-state index in [9.17, 15) is 0 Å². The first kappa shape index (κ1) is 14.2. The number of aryl methyl sites for hydroxylation is 2. The predicted octanol–water partition coefficient (Wildman–Crippen LogP) is 2.06. The molecule has 0 amide bonds. The van der Waals surface area contributed by atoms with Crippen LogP contribution in [0.5, 0.6) is 0 Å². The van der Waals surface area contributed by atoms with E-state index in [1.807, 2.05) is 11.7 Å². The van der Waals surface area contributed by atoms with Crippen LogP contribution in [0.25, 0.3) is 0 Å². The van der Waals surface area contributed by atoms with Crippen LogP contribution in [0.1, 0.15) is 45.1 Å². The van der Waals surface area contributed by atoms with Gasteiger partial charge in [-0.3, -0.25) is 4.68 Å². The normalized spacial score (nSPS) is 13.3. The van der Waals surface area contributed by atoms with Crippen LogP contribution >= 0.6 is 0 Å². The minimum absolute atomic E-state index is 0.222. The molecule has 4 nitrogen and oxygen atoms in total.